The summed E-state index contributed by atoms with van der Waals surface area (Å²) in [4.78, 5) is 0. The van der Waals surface area contributed by atoms with E-state index in [1.165, 1.54) is 17.7 Å². The van der Waals surface area contributed by atoms with Crippen molar-refractivity contribution in [1.29, 1.82) is 0 Å². The summed E-state index contributed by atoms with van der Waals surface area (Å²) in [6.07, 6.45) is 3.96. The predicted octanol–water partition coefficient (Wildman–Crippen LogP) is 5.00. The highest BCUT2D eigenvalue weighted by molar-refractivity contribution is 5.19. The zero-order valence-electron chi connectivity index (χ0n) is 16.9. The smallest absolute Gasteiger partial charge is 0.123 e. The third-order valence-electron chi connectivity index (χ3n) is 6.01. The molecule has 0 radical (unpaired) electrons. The molecule has 3 nitrogen and oxygen atoms in total. The van der Waals surface area contributed by atoms with E-state index in [0.717, 1.165) is 25.7 Å². The first-order valence-electron chi connectivity index (χ1n) is 10.3. The van der Waals surface area contributed by atoms with Crippen LogP contribution in [0.25, 0.3) is 0 Å². The molecule has 0 bridgehead atoms. The predicted molar refractivity (Wildman–Crippen MR) is 110 cm³/mol. The van der Waals surface area contributed by atoms with E-state index >= 15 is 0 Å². The minimum Gasteiger partial charge on any atom is -0.387 e. The Balaban J connectivity index is 1.43. The monoisotopic (exact) mass is 385 g/mol. The minimum atomic E-state index is -0.708. The second-order valence-electron chi connectivity index (χ2n) is 8.44. The maximum Gasteiger partial charge on any atom is 0.123 e. The van der Waals surface area contributed by atoms with Crippen LogP contribution in [-0.4, -0.2) is 23.3 Å². The van der Waals surface area contributed by atoms with Crippen LogP contribution in [0.4, 0.5) is 4.39 Å². The number of halogens is 1. The maximum atomic E-state index is 13.4. The molecule has 4 heteroatoms. The number of aliphatic hydroxyl groups excluding tert-OH is 1. The normalized spacial score (nSPS) is 21.4. The van der Waals surface area contributed by atoms with Crippen LogP contribution in [-0.2, 0) is 11.3 Å². The van der Waals surface area contributed by atoms with Crippen LogP contribution < -0.4 is 5.32 Å². The maximum absolute atomic E-state index is 13.4. The molecule has 0 aliphatic heterocycles. The number of nitrogens with one attached hydrogen (secondary N) is 1. The molecule has 1 saturated carbocycles. The minimum absolute atomic E-state index is 0.0846. The molecule has 1 atom stereocenters. The van der Waals surface area contributed by atoms with Crippen molar-refractivity contribution in [2.24, 2.45) is 5.92 Å². The summed E-state index contributed by atoms with van der Waals surface area (Å²) in [5.74, 6) is 0.216. The van der Waals surface area contributed by atoms with Gasteiger partial charge in [0.2, 0.25) is 0 Å². The summed E-state index contributed by atoms with van der Waals surface area (Å²) < 4.78 is 19.5. The first-order chi connectivity index (χ1) is 13.4. The van der Waals surface area contributed by atoms with Crippen LogP contribution in [0.2, 0.25) is 0 Å². The Morgan fingerprint density at radius 2 is 1.79 bits per heavy atom. The van der Waals surface area contributed by atoms with E-state index in [0.29, 0.717) is 30.7 Å². The number of β-amino-alcohol motifs (C(OH)–C–C–N with tert-alkyl or cyclic N) is 1. The highest BCUT2D eigenvalue weighted by Gasteiger charge is 2.33. The van der Waals surface area contributed by atoms with E-state index in [1.54, 1.807) is 12.1 Å². The van der Waals surface area contributed by atoms with Crippen molar-refractivity contribution in [2.45, 2.75) is 63.9 Å². The molecule has 2 aromatic rings. The highest BCUT2D eigenvalue weighted by Crippen LogP contribution is 2.34. The van der Waals surface area contributed by atoms with Crippen molar-refractivity contribution >= 4 is 0 Å². The third kappa shape index (κ3) is 5.87. The van der Waals surface area contributed by atoms with Gasteiger partial charge < -0.3 is 15.2 Å². The van der Waals surface area contributed by atoms with Gasteiger partial charge in [-0.25, -0.2) is 4.39 Å². The lowest BCUT2D eigenvalue weighted by atomic mass is 9.75. The van der Waals surface area contributed by atoms with Crippen molar-refractivity contribution in [3.8, 4) is 0 Å². The van der Waals surface area contributed by atoms with Gasteiger partial charge in [-0.3, -0.25) is 0 Å². The second kappa shape index (κ2) is 9.64. The van der Waals surface area contributed by atoms with E-state index in [4.69, 9.17) is 4.74 Å². The van der Waals surface area contributed by atoms with E-state index in [2.05, 4.69) is 31.3 Å². The van der Waals surface area contributed by atoms with Gasteiger partial charge in [0, 0.05) is 12.1 Å². The van der Waals surface area contributed by atoms with Gasteiger partial charge in [-0.1, -0.05) is 42.5 Å². The summed E-state index contributed by atoms with van der Waals surface area (Å²) in [5.41, 5.74) is 1.75. The molecule has 2 N–H and O–H groups in total. The SMILES string of the molecule is CC(C)(NCC(O)c1cccc(F)c1)C1CCC(OCc2ccccc2)CC1. The lowest BCUT2D eigenvalue weighted by Gasteiger charge is -2.40. The molecule has 2 aromatic carbocycles. The number of ether oxygens (including phenoxy) is 1. The number of aliphatic hydroxyl groups is 1. The van der Waals surface area contributed by atoms with E-state index in [9.17, 15) is 9.50 Å². The first kappa shape index (κ1) is 21.0. The highest BCUT2D eigenvalue weighted by atomic mass is 19.1. The Morgan fingerprint density at radius 1 is 1.07 bits per heavy atom. The van der Waals surface area contributed by atoms with Crippen LogP contribution in [0, 0.1) is 11.7 Å². The number of rotatable bonds is 8. The molecular weight excluding hydrogens is 353 g/mol. The topological polar surface area (TPSA) is 41.5 Å². The summed E-state index contributed by atoms with van der Waals surface area (Å²) in [5, 5.41) is 13.9. The fourth-order valence-corrected chi connectivity index (χ4v) is 4.08. The molecule has 28 heavy (non-hydrogen) atoms. The van der Waals surface area contributed by atoms with Crippen LogP contribution in [0.5, 0.6) is 0 Å². The standard InChI is InChI=1S/C24H32FNO2/c1-24(2,26-16-23(27)19-9-6-10-21(25)15-19)20-11-13-22(14-12-20)28-17-18-7-4-3-5-8-18/h3-10,15,20,22-23,26-27H,11-14,16-17H2,1-2H3. The Bertz CT molecular complexity index is 726. The van der Waals surface area contributed by atoms with E-state index < -0.39 is 6.10 Å². The van der Waals surface area contributed by atoms with Gasteiger partial charge >= 0.3 is 0 Å². The second-order valence-corrected chi connectivity index (χ2v) is 8.44. The summed E-state index contributed by atoms with van der Waals surface area (Å²) in [6, 6.07) is 16.5. The molecule has 0 heterocycles. The van der Waals surface area contributed by atoms with Crippen molar-refractivity contribution in [3.05, 3.63) is 71.5 Å². The Labute approximate surface area is 167 Å². The number of hydrogen-bond acceptors (Lipinski definition) is 3. The average Bonchev–Trinajstić information content (AvgIpc) is 2.71. The Hall–Kier alpha value is -1.75. The molecular formula is C24H32FNO2. The van der Waals surface area contributed by atoms with Crippen molar-refractivity contribution in [2.75, 3.05) is 6.54 Å². The lowest BCUT2D eigenvalue weighted by Crippen LogP contribution is -2.49. The number of hydrogen-bond donors (Lipinski definition) is 2. The van der Waals surface area contributed by atoms with Gasteiger partial charge in [0.05, 0.1) is 18.8 Å². The van der Waals surface area contributed by atoms with Crippen LogP contribution in [0.15, 0.2) is 54.6 Å². The quantitative estimate of drug-likeness (QED) is 0.672. The van der Waals surface area contributed by atoms with Crippen molar-refractivity contribution in [1.82, 2.24) is 5.32 Å². The summed E-state index contributed by atoms with van der Waals surface area (Å²) in [7, 11) is 0. The van der Waals surface area contributed by atoms with E-state index in [1.807, 2.05) is 18.2 Å². The first-order valence-corrected chi connectivity index (χ1v) is 10.3. The lowest BCUT2D eigenvalue weighted by molar-refractivity contribution is -0.00340. The molecule has 0 amide bonds. The molecule has 0 saturated heterocycles. The Morgan fingerprint density at radius 3 is 2.46 bits per heavy atom. The van der Waals surface area contributed by atoms with Crippen molar-refractivity contribution < 1.29 is 14.2 Å². The third-order valence-corrected chi connectivity index (χ3v) is 6.01. The molecule has 0 spiro atoms. The van der Waals surface area contributed by atoms with Gasteiger partial charge in [-0.15, -0.1) is 0 Å². The zero-order valence-corrected chi connectivity index (χ0v) is 16.9. The fourth-order valence-electron chi connectivity index (χ4n) is 4.08. The van der Waals surface area contributed by atoms with Gasteiger partial charge in [0.15, 0.2) is 0 Å². The molecule has 1 aliphatic carbocycles. The average molecular weight is 386 g/mol. The number of benzene rings is 2. The summed E-state index contributed by atoms with van der Waals surface area (Å²) in [6.45, 7) is 5.49. The molecule has 1 unspecified atom stereocenters. The van der Waals surface area contributed by atoms with Crippen LogP contribution >= 0.6 is 0 Å². The van der Waals surface area contributed by atoms with Crippen LogP contribution in [0.1, 0.15) is 56.8 Å². The summed E-state index contributed by atoms with van der Waals surface area (Å²) >= 11 is 0. The van der Waals surface area contributed by atoms with Gasteiger partial charge in [0.25, 0.3) is 0 Å². The molecule has 152 valence electrons. The molecule has 1 aliphatic rings. The van der Waals surface area contributed by atoms with Gasteiger partial charge in [0.1, 0.15) is 5.82 Å². The molecule has 1 fully saturated rings. The van der Waals surface area contributed by atoms with Gasteiger partial charge in [-0.05, 0) is 68.7 Å². The molecule has 3 rings (SSSR count). The molecule has 0 aromatic heterocycles. The van der Waals surface area contributed by atoms with E-state index in [-0.39, 0.29) is 11.4 Å². The van der Waals surface area contributed by atoms with Crippen LogP contribution in [0.3, 0.4) is 0 Å². The van der Waals surface area contributed by atoms with Gasteiger partial charge in [-0.2, -0.15) is 0 Å². The largest absolute Gasteiger partial charge is 0.387 e. The Kier molecular flexibility index (Phi) is 7.22. The zero-order chi connectivity index (χ0) is 20.0. The fraction of sp³-hybridized carbons (Fsp3) is 0.500. The van der Waals surface area contributed by atoms with Crippen molar-refractivity contribution in [3.63, 3.8) is 0 Å².